The average Bonchev–Trinajstić information content (AvgIpc) is 4.03. The van der Waals surface area contributed by atoms with Gasteiger partial charge in [0.05, 0.1) is 104 Å². The van der Waals surface area contributed by atoms with Crippen molar-refractivity contribution >= 4 is 38.4 Å². The van der Waals surface area contributed by atoms with Crippen LogP contribution in [0.1, 0.15) is 61.9 Å². The first-order valence-electron chi connectivity index (χ1n) is 22.2. The second kappa shape index (κ2) is 12.8. The van der Waals surface area contributed by atoms with Crippen LogP contribution in [0.2, 0.25) is 0 Å². The van der Waals surface area contributed by atoms with E-state index in [0.29, 0.717) is 64.6 Å². The van der Waals surface area contributed by atoms with Crippen LogP contribution in [0.15, 0.2) is 35.9 Å². The van der Waals surface area contributed by atoms with Gasteiger partial charge in [0.2, 0.25) is 0 Å². The number of fused-ring (bicyclic) bond motifs is 3. The molecule has 5 aromatic carbocycles. The Morgan fingerprint density at radius 2 is 1.18 bits per heavy atom. The largest absolute Gasteiger partial charge is 1.00 e. The Labute approximate surface area is 364 Å². The van der Waals surface area contributed by atoms with Gasteiger partial charge in [0.25, 0.3) is 0 Å². The predicted octanol–water partition coefficient (Wildman–Crippen LogP) is -0.405. The summed E-state index contributed by atoms with van der Waals surface area (Å²) in [4.78, 5) is 0. The van der Waals surface area contributed by atoms with Crippen molar-refractivity contribution in [1.29, 1.82) is 0 Å². The van der Waals surface area contributed by atoms with E-state index in [-0.39, 0.29) is 35.6 Å². The molecule has 312 valence electrons. The summed E-state index contributed by atoms with van der Waals surface area (Å²) in [5.41, 5.74) is 34.2. The first-order valence-corrected chi connectivity index (χ1v) is 22.2. The first-order chi connectivity index (χ1) is 28.3. The third-order valence-electron chi connectivity index (χ3n) is 17.1. The number of benzene rings is 5. The van der Waals surface area contributed by atoms with E-state index in [4.69, 9.17) is 30.4 Å². The summed E-state index contributed by atoms with van der Waals surface area (Å²) in [5, 5.41) is 9.52. The number of rotatable bonds is 16. The maximum atomic E-state index is 6.32. The molecule has 8 nitrogen and oxygen atoms in total. The van der Waals surface area contributed by atoms with Gasteiger partial charge >= 0.3 is 0 Å². The molecule has 0 radical (unpaired) electrons. The van der Waals surface area contributed by atoms with Gasteiger partial charge in [-0.05, 0) is 123 Å². The van der Waals surface area contributed by atoms with Crippen molar-refractivity contribution in [2.24, 2.45) is 11.5 Å². The lowest BCUT2D eigenvalue weighted by Crippen LogP contribution is -3.00. The molecule has 6 atom stereocenters. The highest BCUT2D eigenvalue weighted by molar-refractivity contribution is 6.36. The average molecular weight is 846 g/mol. The second-order valence-corrected chi connectivity index (χ2v) is 20.1. The fourth-order valence-electron chi connectivity index (χ4n) is 15.5. The van der Waals surface area contributed by atoms with Gasteiger partial charge in [0, 0.05) is 24.9 Å². The van der Waals surface area contributed by atoms with Crippen molar-refractivity contribution < 1.29 is 52.7 Å². The van der Waals surface area contributed by atoms with Gasteiger partial charge in [-0.3, -0.25) is 0 Å². The molecule has 2 spiro atoms. The lowest BCUT2D eigenvalue weighted by molar-refractivity contribution is -0.900. The summed E-state index contributed by atoms with van der Waals surface area (Å²) >= 11 is 0. The van der Waals surface area contributed by atoms with Crippen molar-refractivity contribution in [3.05, 3.63) is 86.0 Å². The number of likely N-dealkylation sites (tertiary alicyclic amines) is 2. The topological polar surface area (TPSA) is 89.0 Å². The van der Waals surface area contributed by atoms with Crippen LogP contribution in [0.4, 0.5) is 0 Å². The molecule has 10 heteroatoms. The summed E-state index contributed by atoms with van der Waals surface area (Å²) < 4.78 is 25.8. The molecule has 4 N–H and O–H groups in total. The molecule has 0 saturated carbocycles. The van der Waals surface area contributed by atoms with Crippen LogP contribution in [0.25, 0.3) is 60.6 Å². The highest BCUT2D eigenvalue weighted by Crippen LogP contribution is 2.79. The maximum Gasteiger partial charge on any atom is 0.102 e. The molecule has 60 heavy (non-hydrogen) atoms. The van der Waals surface area contributed by atoms with E-state index < -0.39 is 0 Å². The number of halogens is 2. The molecule has 0 aromatic heterocycles. The molecule has 14 rings (SSSR count). The highest BCUT2D eigenvalue weighted by atomic mass is 35.5. The fraction of sp³-hybridized carbons (Fsp3) is 0.480. The first kappa shape index (κ1) is 38.5. The van der Waals surface area contributed by atoms with Crippen LogP contribution in [0.5, 0.6) is 0 Å². The Hall–Kier alpha value is -3.12. The van der Waals surface area contributed by atoms with Crippen molar-refractivity contribution in [1.82, 2.24) is 0 Å². The van der Waals surface area contributed by atoms with Gasteiger partial charge in [0.1, 0.15) is 13.1 Å². The summed E-state index contributed by atoms with van der Waals surface area (Å²) in [6, 6.07) is 13.1. The summed E-state index contributed by atoms with van der Waals surface area (Å²) in [7, 11) is 5.06. The Bertz CT molecular complexity index is 2820. The number of ether oxygens (including phenoxy) is 4. The minimum atomic E-state index is -0.0679. The molecule has 0 bridgehead atoms. The molecule has 2 aliphatic heterocycles. The Balaban J connectivity index is 0.00000194. The normalized spacial score (nSPS) is 29.4. The van der Waals surface area contributed by atoms with Crippen LogP contribution < -0.4 is 36.3 Å². The molecule has 7 aliphatic carbocycles. The van der Waals surface area contributed by atoms with Gasteiger partial charge in [-0.15, -0.1) is 0 Å². The SMILES string of the molecule is C[N+]1(CCOCCOCCN)CC2c3cc4c5c6c3-c3c(cc7c8c3c-6c3c6c9c%10c(ccc9cc(c86)C7)C=C(C4)C54C[N+](C)(CCOCCOCCN)CC%1034)C2C1.[Cl-].[Cl-]. The predicted molar refractivity (Wildman–Crippen MR) is 229 cm³/mol. The van der Waals surface area contributed by atoms with E-state index in [1.54, 1.807) is 99.3 Å². The van der Waals surface area contributed by atoms with E-state index in [1.165, 1.54) is 24.0 Å². The third kappa shape index (κ3) is 4.28. The molecule has 6 unspecified atom stereocenters. The van der Waals surface area contributed by atoms with Crippen molar-refractivity contribution in [2.75, 3.05) is 119 Å². The second-order valence-electron chi connectivity index (χ2n) is 20.1. The van der Waals surface area contributed by atoms with E-state index in [1.807, 2.05) is 0 Å². The van der Waals surface area contributed by atoms with E-state index >= 15 is 0 Å². The van der Waals surface area contributed by atoms with Crippen LogP contribution in [-0.2, 0) is 42.6 Å². The zero-order valence-electron chi connectivity index (χ0n) is 34.8. The molecular weight excluding hydrogens is 791 g/mol. The van der Waals surface area contributed by atoms with Gasteiger partial charge in [-0.25, -0.2) is 0 Å². The molecule has 2 saturated heterocycles. The van der Waals surface area contributed by atoms with Gasteiger partial charge in [0.15, 0.2) is 0 Å². The molecule has 5 aromatic rings. The quantitative estimate of drug-likeness (QED) is 0.0783. The number of quaternary nitrogens is 2. The Morgan fingerprint density at radius 3 is 1.90 bits per heavy atom. The molecule has 0 amide bonds. The van der Waals surface area contributed by atoms with E-state index in [0.717, 1.165) is 61.2 Å². The monoisotopic (exact) mass is 844 g/mol. The molecule has 2 heterocycles. The minimum Gasteiger partial charge on any atom is -1.00 e. The minimum absolute atomic E-state index is 0. The zero-order valence-corrected chi connectivity index (χ0v) is 36.3. The maximum absolute atomic E-state index is 6.32. The Morgan fingerprint density at radius 1 is 0.567 bits per heavy atom. The molecular formula is C50H54Cl2N4O4. The van der Waals surface area contributed by atoms with Crippen molar-refractivity contribution in [3.63, 3.8) is 0 Å². The fourth-order valence-corrected chi connectivity index (χ4v) is 15.5. The van der Waals surface area contributed by atoms with E-state index in [9.17, 15) is 0 Å². The van der Waals surface area contributed by atoms with Crippen LogP contribution in [0, 0.1) is 0 Å². The van der Waals surface area contributed by atoms with Crippen LogP contribution >= 0.6 is 0 Å². The lowest BCUT2D eigenvalue weighted by Gasteiger charge is -2.48. The molecule has 9 aliphatic rings. The smallest absolute Gasteiger partial charge is 0.102 e. The van der Waals surface area contributed by atoms with Crippen molar-refractivity contribution in [2.45, 2.75) is 35.5 Å². The standard InChI is InChI=1S/C50H54N4O4.2ClH/c1-53(7-11-57-15-13-55-9-5-51)23-35-33-21-30-18-29-17-27-3-4-28-19-32-20-31-22-34(36(35)24-53)41-40(33)42-37(30)38(29)43-39(27)46(28)50-26-54(2,8-12-58-16-14-56-10-6-52)25-49(32,50)47(31)44(41)45(42)48(43)50;;/h3-4,17,19,21-22,35-36H,5-16,18,20,23-26,51-52H2,1-2H3;2*1H/q+2;;/p-2. The summed E-state index contributed by atoms with van der Waals surface area (Å²) in [6.45, 7) is 12.9. The Kier molecular flexibility index (Phi) is 8.19. The number of hydrogen-bond donors (Lipinski definition) is 2. The van der Waals surface area contributed by atoms with Gasteiger partial charge < -0.3 is 64.2 Å². The summed E-state index contributed by atoms with van der Waals surface area (Å²) in [6.07, 6.45) is 4.82. The van der Waals surface area contributed by atoms with E-state index in [2.05, 4.69) is 50.5 Å². The highest BCUT2D eigenvalue weighted by Gasteiger charge is 2.76. The van der Waals surface area contributed by atoms with Crippen LogP contribution in [-0.4, -0.2) is 128 Å². The van der Waals surface area contributed by atoms with Gasteiger partial charge in [-0.1, -0.05) is 36.4 Å². The number of nitrogens with two attached hydrogens (primary N) is 2. The zero-order chi connectivity index (χ0) is 38.5. The lowest BCUT2D eigenvalue weighted by atomic mass is 9.49. The van der Waals surface area contributed by atoms with Gasteiger partial charge in [-0.2, -0.15) is 0 Å². The number of nitrogens with zero attached hydrogens (tertiary/aromatic N) is 2. The number of likely N-dealkylation sites (N-methyl/N-ethyl adjacent to an activating group) is 2. The third-order valence-corrected chi connectivity index (χ3v) is 17.1. The van der Waals surface area contributed by atoms with Crippen LogP contribution in [0.3, 0.4) is 0 Å². The van der Waals surface area contributed by atoms with Crippen molar-refractivity contribution in [3.8, 4) is 22.3 Å². The number of hydrogen-bond acceptors (Lipinski definition) is 6. The molecule has 2 fully saturated rings. The summed E-state index contributed by atoms with van der Waals surface area (Å²) in [5.74, 6) is 1.04.